The molecule has 0 aromatic heterocycles. The van der Waals surface area contributed by atoms with Crippen molar-refractivity contribution in [3.05, 3.63) is 23.8 Å². The highest BCUT2D eigenvalue weighted by Gasteiger charge is 2.15. The van der Waals surface area contributed by atoms with E-state index in [0.29, 0.717) is 19.0 Å². The Labute approximate surface area is 119 Å². The summed E-state index contributed by atoms with van der Waals surface area (Å²) in [5.41, 5.74) is 0.833. The van der Waals surface area contributed by atoms with Crippen LogP contribution in [0.1, 0.15) is 31.7 Å². The number of methoxy groups -OCH3 is 1. The van der Waals surface area contributed by atoms with Crippen molar-refractivity contribution >= 4 is 19.7 Å². The molecule has 0 aliphatic carbocycles. The van der Waals surface area contributed by atoms with E-state index in [9.17, 15) is 8.42 Å². The van der Waals surface area contributed by atoms with Crippen molar-refractivity contribution in [1.82, 2.24) is 0 Å². The van der Waals surface area contributed by atoms with E-state index < -0.39 is 9.05 Å². The number of halogens is 1. The molecule has 0 saturated carbocycles. The van der Waals surface area contributed by atoms with Gasteiger partial charge in [-0.3, -0.25) is 0 Å². The van der Waals surface area contributed by atoms with Gasteiger partial charge in [0.25, 0.3) is 9.05 Å². The predicted molar refractivity (Wildman–Crippen MR) is 75.6 cm³/mol. The molecular formula is C13H19ClO4S. The Kier molecular flexibility index (Phi) is 6.10. The molecule has 19 heavy (non-hydrogen) atoms. The van der Waals surface area contributed by atoms with E-state index >= 15 is 0 Å². The fourth-order valence-corrected chi connectivity index (χ4v) is 2.43. The number of rotatable bonds is 7. The smallest absolute Gasteiger partial charge is 0.261 e. The number of hydrogen-bond acceptors (Lipinski definition) is 4. The molecule has 6 heteroatoms. The molecule has 0 spiro atoms. The summed E-state index contributed by atoms with van der Waals surface area (Å²) in [4.78, 5) is 0.0992. The van der Waals surface area contributed by atoms with E-state index in [4.69, 9.17) is 20.2 Å². The Balaban J connectivity index is 2.93. The Morgan fingerprint density at radius 1 is 1.26 bits per heavy atom. The Hall–Kier alpha value is -0.780. The summed E-state index contributed by atoms with van der Waals surface area (Å²) in [6.07, 6.45) is 0.781. The van der Waals surface area contributed by atoms with Gasteiger partial charge >= 0.3 is 0 Å². The van der Waals surface area contributed by atoms with Gasteiger partial charge in [0.15, 0.2) is 0 Å². The van der Waals surface area contributed by atoms with Crippen molar-refractivity contribution in [2.75, 3.05) is 20.3 Å². The third kappa shape index (κ3) is 5.01. The highest BCUT2D eigenvalue weighted by molar-refractivity contribution is 8.13. The van der Waals surface area contributed by atoms with E-state index in [1.54, 1.807) is 19.2 Å². The van der Waals surface area contributed by atoms with Crippen molar-refractivity contribution in [2.24, 2.45) is 0 Å². The quantitative estimate of drug-likeness (QED) is 0.573. The monoisotopic (exact) mass is 306 g/mol. The first-order valence-corrected chi connectivity index (χ1v) is 8.37. The van der Waals surface area contributed by atoms with Crippen LogP contribution in [0.4, 0.5) is 0 Å². The Morgan fingerprint density at radius 2 is 1.95 bits per heavy atom. The third-order valence-corrected chi connectivity index (χ3v) is 3.99. The van der Waals surface area contributed by atoms with Gasteiger partial charge in [0.05, 0.1) is 11.5 Å². The maximum Gasteiger partial charge on any atom is 0.261 e. The zero-order valence-electron chi connectivity index (χ0n) is 11.3. The van der Waals surface area contributed by atoms with Crippen molar-refractivity contribution in [3.8, 4) is 5.75 Å². The molecule has 0 saturated heterocycles. The third-order valence-electron chi connectivity index (χ3n) is 2.64. The highest BCUT2D eigenvalue weighted by atomic mass is 35.7. The first kappa shape index (κ1) is 16.3. The summed E-state index contributed by atoms with van der Waals surface area (Å²) in [5, 5.41) is 0. The van der Waals surface area contributed by atoms with Crippen LogP contribution < -0.4 is 4.74 Å². The predicted octanol–water partition coefficient (Wildman–Crippen LogP) is 3.15. The molecule has 0 bridgehead atoms. The standard InChI is InChI=1S/C13H19ClO4S/c1-10(2)12-9-11(19(14,15)16)5-6-13(12)18-8-4-7-17-3/h5-6,9-10H,4,7-8H2,1-3H3. The molecule has 0 N–H and O–H groups in total. The molecule has 0 fully saturated rings. The molecule has 4 nitrogen and oxygen atoms in total. The van der Waals surface area contributed by atoms with Crippen LogP contribution in [0.3, 0.4) is 0 Å². The zero-order chi connectivity index (χ0) is 14.5. The van der Waals surface area contributed by atoms with Crippen LogP contribution in [0.15, 0.2) is 23.1 Å². The Bertz CT molecular complexity index is 511. The lowest BCUT2D eigenvalue weighted by atomic mass is 10.0. The summed E-state index contributed by atoms with van der Waals surface area (Å²) in [6.45, 7) is 5.11. The van der Waals surface area contributed by atoms with E-state index in [1.807, 2.05) is 13.8 Å². The summed E-state index contributed by atoms with van der Waals surface area (Å²) >= 11 is 0. The van der Waals surface area contributed by atoms with Crippen molar-refractivity contribution in [3.63, 3.8) is 0 Å². The van der Waals surface area contributed by atoms with E-state index in [1.165, 1.54) is 6.07 Å². The van der Waals surface area contributed by atoms with Gasteiger partial charge in [-0.1, -0.05) is 13.8 Å². The minimum absolute atomic E-state index is 0.0992. The minimum atomic E-state index is -3.71. The van der Waals surface area contributed by atoms with Gasteiger partial charge < -0.3 is 9.47 Å². The van der Waals surface area contributed by atoms with Gasteiger partial charge in [0.1, 0.15) is 5.75 Å². The first-order valence-electron chi connectivity index (χ1n) is 6.06. The minimum Gasteiger partial charge on any atom is -0.493 e. The summed E-state index contributed by atoms with van der Waals surface area (Å²) in [7, 11) is 3.28. The molecule has 0 amide bonds. The van der Waals surface area contributed by atoms with Crippen LogP contribution in [-0.2, 0) is 13.8 Å². The van der Waals surface area contributed by atoms with Gasteiger partial charge in [-0.05, 0) is 29.7 Å². The zero-order valence-corrected chi connectivity index (χ0v) is 12.9. The molecule has 1 rings (SSSR count). The summed E-state index contributed by atoms with van der Waals surface area (Å²) in [6, 6.07) is 4.68. The lowest BCUT2D eigenvalue weighted by Crippen LogP contribution is -2.05. The van der Waals surface area contributed by atoms with Crippen molar-refractivity contribution in [1.29, 1.82) is 0 Å². The lowest BCUT2D eigenvalue weighted by molar-refractivity contribution is 0.171. The second-order valence-electron chi connectivity index (χ2n) is 4.49. The van der Waals surface area contributed by atoms with Crippen LogP contribution in [0.25, 0.3) is 0 Å². The Morgan fingerprint density at radius 3 is 2.47 bits per heavy atom. The first-order chi connectivity index (χ1) is 8.86. The van der Waals surface area contributed by atoms with E-state index in [0.717, 1.165) is 12.0 Å². The summed E-state index contributed by atoms with van der Waals surface area (Å²) in [5.74, 6) is 0.839. The average Bonchev–Trinajstić information content (AvgIpc) is 2.33. The lowest BCUT2D eigenvalue weighted by Gasteiger charge is -2.15. The fraction of sp³-hybridized carbons (Fsp3) is 0.538. The number of benzene rings is 1. The molecular weight excluding hydrogens is 288 g/mol. The molecule has 108 valence electrons. The topological polar surface area (TPSA) is 52.6 Å². The van der Waals surface area contributed by atoms with Crippen molar-refractivity contribution in [2.45, 2.75) is 31.1 Å². The van der Waals surface area contributed by atoms with Gasteiger partial charge in [-0.25, -0.2) is 8.42 Å². The van der Waals surface area contributed by atoms with Gasteiger partial charge in [-0.15, -0.1) is 0 Å². The second kappa shape index (κ2) is 7.12. The van der Waals surface area contributed by atoms with E-state index in [2.05, 4.69) is 0 Å². The molecule has 0 heterocycles. The maximum atomic E-state index is 11.3. The SMILES string of the molecule is COCCCOc1ccc(S(=O)(=O)Cl)cc1C(C)C. The largest absolute Gasteiger partial charge is 0.493 e. The van der Waals surface area contributed by atoms with Gasteiger partial charge in [0, 0.05) is 30.8 Å². The van der Waals surface area contributed by atoms with Gasteiger partial charge in [-0.2, -0.15) is 0 Å². The van der Waals surface area contributed by atoms with Crippen LogP contribution in [-0.4, -0.2) is 28.7 Å². The normalized spacial score (nSPS) is 11.8. The van der Waals surface area contributed by atoms with Crippen LogP contribution in [0, 0.1) is 0 Å². The van der Waals surface area contributed by atoms with Crippen LogP contribution in [0.5, 0.6) is 5.75 Å². The summed E-state index contributed by atoms with van der Waals surface area (Å²) < 4.78 is 33.2. The van der Waals surface area contributed by atoms with Crippen LogP contribution >= 0.6 is 10.7 Å². The van der Waals surface area contributed by atoms with Crippen molar-refractivity contribution < 1.29 is 17.9 Å². The molecule has 0 unspecified atom stereocenters. The van der Waals surface area contributed by atoms with E-state index in [-0.39, 0.29) is 10.8 Å². The van der Waals surface area contributed by atoms with Crippen LogP contribution in [0.2, 0.25) is 0 Å². The molecule has 1 aromatic rings. The molecule has 0 aliphatic rings. The molecule has 1 aromatic carbocycles. The molecule has 0 atom stereocenters. The average molecular weight is 307 g/mol. The maximum absolute atomic E-state index is 11.3. The fourth-order valence-electron chi connectivity index (χ4n) is 1.65. The number of hydrogen-bond donors (Lipinski definition) is 0. The highest BCUT2D eigenvalue weighted by Crippen LogP contribution is 2.30. The molecule has 0 radical (unpaired) electrons. The second-order valence-corrected chi connectivity index (χ2v) is 7.05. The van der Waals surface area contributed by atoms with Gasteiger partial charge in [0.2, 0.25) is 0 Å². The molecule has 0 aliphatic heterocycles. The number of ether oxygens (including phenoxy) is 2.